The topological polar surface area (TPSA) is 62.7 Å². The molecule has 1 amide bonds. The third-order valence-corrected chi connectivity index (χ3v) is 4.72. The highest BCUT2D eigenvalue weighted by molar-refractivity contribution is 7.71. The maximum Gasteiger partial charge on any atom is 0.220 e. The van der Waals surface area contributed by atoms with E-state index in [4.69, 9.17) is 12.2 Å². The molecule has 0 atom stereocenters. The van der Waals surface area contributed by atoms with Crippen LogP contribution in [0, 0.1) is 10.7 Å². The Labute approximate surface area is 137 Å². The standard InChI is InChI=1S/C16H28N4OS/c1-12(2)15-18-19-16(22)20(15)10-9-17-14(21)11-13-7-5-3-4-6-8-13/h12-13H,3-11H2,1-2H3,(H,17,21)(H,19,22). The van der Waals surface area contributed by atoms with Crippen molar-refractivity contribution in [1.82, 2.24) is 20.1 Å². The molecule has 6 heteroatoms. The molecule has 1 fully saturated rings. The Balaban J connectivity index is 1.77. The van der Waals surface area contributed by atoms with Gasteiger partial charge in [0.1, 0.15) is 5.82 Å². The van der Waals surface area contributed by atoms with Crippen molar-refractivity contribution in [2.45, 2.75) is 71.3 Å². The van der Waals surface area contributed by atoms with Crippen LogP contribution >= 0.6 is 12.2 Å². The third-order valence-electron chi connectivity index (χ3n) is 4.41. The van der Waals surface area contributed by atoms with Crippen LogP contribution in [0.3, 0.4) is 0 Å². The number of aromatic amines is 1. The van der Waals surface area contributed by atoms with E-state index in [1.165, 1.54) is 38.5 Å². The quantitative estimate of drug-likeness (QED) is 0.621. The summed E-state index contributed by atoms with van der Waals surface area (Å²) in [6, 6.07) is 0. The Morgan fingerprint density at radius 2 is 2.05 bits per heavy atom. The molecule has 0 bridgehead atoms. The zero-order chi connectivity index (χ0) is 15.9. The van der Waals surface area contributed by atoms with Gasteiger partial charge >= 0.3 is 0 Å². The fourth-order valence-electron chi connectivity index (χ4n) is 3.20. The van der Waals surface area contributed by atoms with Gasteiger partial charge in [-0.3, -0.25) is 9.89 Å². The van der Waals surface area contributed by atoms with E-state index in [0.717, 1.165) is 5.82 Å². The summed E-state index contributed by atoms with van der Waals surface area (Å²) in [6.45, 7) is 5.47. The molecule has 124 valence electrons. The van der Waals surface area contributed by atoms with Crippen LogP contribution in [-0.2, 0) is 11.3 Å². The molecule has 1 heterocycles. The van der Waals surface area contributed by atoms with Crippen molar-refractivity contribution in [1.29, 1.82) is 0 Å². The molecule has 2 rings (SSSR count). The zero-order valence-electron chi connectivity index (χ0n) is 13.7. The fraction of sp³-hybridized carbons (Fsp3) is 0.812. The second-order valence-corrected chi connectivity index (χ2v) is 6.99. The van der Waals surface area contributed by atoms with Gasteiger partial charge in [-0.25, -0.2) is 0 Å². The number of H-pyrrole nitrogens is 1. The molecule has 1 aliphatic carbocycles. The summed E-state index contributed by atoms with van der Waals surface area (Å²) < 4.78 is 2.60. The number of aromatic nitrogens is 3. The van der Waals surface area contributed by atoms with Crippen molar-refractivity contribution in [3.05, 3.63) is 10.6 Å². The van der Waals surface area contributed by atoms with E-state index in [-0.39, 0.29) is 5.91 Å². The van der Waals surface area contributed by atoms with Gasteiger partial charge in [0.25, 0.3) is 0 Å². The Morgan fingerprint density at radius 3 is 2.68 bits per heavy atom. The number of carbonyl (C=O) groups excluding carboxylic acids is 1. The van der Waals surface area contributed by atoms with Crippen molar-refractivity contribution >= 4 is 18.1 Å². The molecule has 1 aromatic rings. The zero-order valence-corrected chi connectivity index (χ0v) is 14.5. The molecule has 0 saturated heterocycles. The van der Waals surface area contributed by atoms with E-state index in [0.29, 0.717) is 36.1 Å². The summed E-state index contributed by atoms with van der Waals surface area (Å²) in [5.41, 5.74) is 0. The van der Waals surface area contributed by atoms with Crippen molar-refractivity contribution in [3.63, 3.8) is 0 Å². The summed E-state index contributed by atoms with van der Waals surface area (Å²) in [7, 11) is 0. The average Bonchev–Trinajstić information content (AvgIpc) is 2.68. The van der Waals surface area contributed by atoms with Crippen LogP contribution in [0.1, 0.15) is 70.5 Å². The van der Waals surface area contributed by atoms with E-state index in [9.17, 15) is 4.79 Å². The Kier molecular flexibility index (Phi) is 6.61. The van der Waals surface area contributed by atoms with Crippen LogP contribution in [0.25, 0.3) is 0 Å². The highest BCUT2D eigenvalue weighted by Crippen LogP contribution is 2.25. The third kappa shape index (κ3) is 4.93. The summed E-state index contributed by atoms with van der Waals surface area (Å²) >= 11 is 5.25. The minimum atomic E-state index is 0.174. The first-order valence-electron chi connectivity index (χ1n) is 8.49. The molecular weight excluding hydrogens is 296 g/mol. The van der Waals surface area contributed by atoms with E-state index in [2.05, 4.69) is 29.4 Å². The van der Waals surface area contributed by atoms with Crippen molar-refractivity contribution < 1.29 is 4.79 Å². The summed E-state index contributed by atoms with van der Waals surface area (Å²) in [4.78, 5) is 12.1. The number of rotatable bonds is 6. The van der Waals surface area contributed by atoms with Gasteiger partial charge in [0.2, 0.25) is 5.91 Å². The molecule has 0 unspecified atom stereocenters. The molecule has 1 saturated carbocycles. The number of amides is 1. The maximum absolute atomic E-state index is 12.1. The van der Waals surface area contributed by atoms with E-state index >= 15 is 0 Å². The van der Waals surface area contributed by atoms with Gasteiger partial charge in [-0.1, -0.05) is 39.5 Å². The summed E-state index contributed by atoms with van der Waals surface area (Å²) in [5, 5.41) is 10.1. The molecule has 0 spiro atoms. The highest BCUT2D eigenvalue weighted by atomic mass is 32.1. The van der Waals surface area contributed by atoms with Gasteiger partial charge in [-0.05, 0) is 31.0 Å². The SMILES string of the molecule is CC(C)c1n[nH]c(=S)n1CCNC(=O)CC1CCCCCC1. The smallest absolute Gasteiger partial charge is 0.220 e. The average molecular weight is 324 g/mol. The predicted octanol–water partition coefficient (Wildman–Crippen LogP) is 3.54. The van der Waals surface area contributed by atoms with Crippen LogP contribution in [0.15, 0.2) is 0 Å². The fourth-order valence-corrected chi connectivity index (χ4v) is 3.43. The van der Waals surface area contributed by atoms with E-state index in [1.807, 2.05) is 4.57 Å². The van der Waals surface area contributed by atoms with Crippen LogP contribution in [0.2, 0.25) is 0 Å². The van der Waals surface area contributed by atoms with E-state index < -0.39 is 0 Å². The number of hydrogen-bond acceptors (Lipinski definition) is 3. The maximum atomic E-state index is 12.1. The molecule has 1 aromatic heterocycles. The van der Waals surface area contributed by atoms with Crippen LogP contribution < -0.4 is 5.32 Å². The van der Waals surface area contributed by atoms with Gasteiger partial charge < -0.3 is 9.88 Å². The molecule has 5 nitrogen and oxygen atoms in total. The lowest BCUT2D eigenvalue weighted by atomic mass is 9.96. The summed E-state index contributed by atoms with van der Waals surface area (Å²) in [6.07, 6.45) is 8.30. The molecule has 0 aromatic carbocycles. The lowest BCUT2D eigenvalue weighted by Gasteiger charge is -2.14. The second-order valence-electron chi connectivity index (χ2n) is 6.60. The molecule has 0 aliphatic heterocycles. The van der Waals surface area contributed by atoms with Gasteiger partial charge in [-0.15, -0.1) is 0 Å². The van der Waals surface area contributed by atoms with Crippen LogP contribution in [0.4, 0.5) is 0 Å². The molecular formula is C16H28N4OS. The number of hydrogen-bond donors (Lipinski definition) is 2. The van der Waals surface area contributed by atoms with Gasteiger partial charge in [0, 0.05) is 25.4 Å². The molecule has 0 radical (unpaired) electrons. The second kappa shape index (κ2) is 8.46. The van der Waals surface area contributed by atoms with Gasteiger partial charge in [0.05, 0.1) is 0 Å². The predicted molar refractivity (Wildman–Crippen MR) is 90.3 cm³/mol. The lowest BCUT2D eigenvalue weighted by molar-refractivity contribution is -0.122. The molecule has 2 N–H and O–H groups in total. The first-order valence-corrected chi connectivity index (χ1v) is 8.90. The highest BCUT2D eigenvalue weighted by Gasteiger charge is 2.16. The minimum Gasteiger partial charge on any atom is -0.354 e. The van der Waals surface area contributed by atoms with Crippen LogP contribution in [-0.4, -0.2) is 27.2 Å². The van der Waals surface area contributed by atoms with E-state index in [1.54, 1.807) is 0 Å². The Hall–Kier alpha value is -1.17. The van der Waals surface area contributed by atoms with Gasteiger partial charge in [-0.2, -0.15) is 5.10 Å². The number of nitrogens with one attached hydrogen (secondary N) is 2. The first-order chi connectivity index (χ1) is 10.6. The normalized spacial score (nSPS) is 16.7. The summed E-state index contributed by atoms with van der Waals surface area (Å²) in [5.74, 6) is 2.01. The minimum absolute atomic E-state index is 0.174. The van der Waals surface area contributed by atoms with Crippen LogP contribution in [0.5, 0.6) is 0 Å². The Morgan fingerprint density at radius 1 is 1.36 bits per heavy atom. The number of carbonyl (C=O) groups is 1. The first kappa shape index (κ1) is 17.2. The lowest BCUT2D eigenvalue weighted by Crippen LogP contribution is -2.29. The van der Waals surface area contributed by atoms with Gasteiger partial charge in [0.15, 0.2) is 4.77 Å². The van der Waals surface area contributed by atoms with Crippen molar-refractivity contribution in [2.24, 2.45) is 5.92 Å². The largest absolute Gasteiger partial charge is 0.354 e. The Bertz CT molecular complexity index is 526. The number of nitrogens with zero attached hydrogens (tertiary/aromatic N) is 2. The monoisotopic (exact) mass is 324 g/mol. The molecule has 1 aliphatic rings. The molecule has 22 heavy (non-hydrogen) atoms. The van der Waals surface area contributed by atoms with Crippen molar-refractivity contribution in [2.75, 3.05) is 6.54 Å². The van der Waals surface area contributed by atoms with Crippen molar-refractivity contribution in [3.8, 4) is 0 Å².